The number of phenolic OH excluding ortho intramolecular Hbond substituents is 4. The Morgan fingerprint density at radius 3 is 1.97 bits per heavy atom. The summed E-state index contributed by atoms with van der Waals surface area (Å²) in [5.74, 6) is -5.05. The largest absolute Gasteiger partial charge is 0.507 e. The minimum Gasteiger partial charge on any atom is -0.507 e. The fourth-order valence-electron chi connectivity index (χ4n) is 7.65. The first-order valence-corrected chi connectivity index (χ1v) is 20.9. The summed E-state index contributed by atoms with van der Waals surface area (Å²) in [7, 11) is 2.60. The summed E-state index contributed by atoms with van der Waals surface area (Å²) < 4.78 is 55.9. The summed E-state index contributed by atoms with van der Waals surface area (Å²) in [5, 5.41) is 137. The van der Waals surface area contributed by atoms with Gasteiger partial charge in [-0.05, 0) is 48.9 Å². The Morgan fingerprint density at radius 2 is 1.32 bits per heavy atom. The van der Waals surface area contributed by atoms with Crippen molar-refractivity contribution in [3.05, 3.63) is 64.3 Å². The number of esters is 1. The van der Waals surface area contributed by atoms with Gasteiger partial charge in [-0.1, -0.05) is 0 Å². The normalized spacial score (nSPS) is 31.6. The molecule has 0 bridgehead atoms. The molecule has 7 rings (SSSR count). The number of aliphatic hydroxyl groups excluding tert-OH is 9. The van der Waals surface area contributed by atoms with E-state index in [-0.39, 0.29) is 28.6 Å². The van der Waals surface area contributed by atoms with Crippen LogP contribution in [0.15, 0.2) is 57.8 Å². The van der Waals surface area contributed by atoms with Crippen molar-refractivity contribution in [1.29, 1.82) is 0 Å². The van der Waals surface area contributed by atoms with Crippen LogP contribution in [0.25, 0.3) is 28.4 Å². The molecule has 25 nitrogen and oxygen atoms in total. The number of hydrogen-bond acceptors (Lipinski definition) is 25. The zero-order valence-corrected chi connectivity index (χ0v) is 36.5. The lowest BCUT2D eigenvalue weighted by molar-refractivity contribution is -0.358. The molecule has 69 heavy (non-hydrogen) atoms. The SMILES string of the molecule is COc1cc(/C=C/C(=O)OC[C@@H]2O[C@@H](O[C@H]3[C@H](Oc4c(-c5ccc(O)c(O)c5)oc5cc(O[C@@H]6O[C@@H](C)[C@H](O)[C@@H](O)[C@@H]6O)cc(O)c5c4=O)O[C@H](CO)[C@@H](O)[C@@H]3O)[C@@H](O)[C@@H](O)[C@@H]2O)cc(OC)c1O. The topological polar surface area (TPSA) is 393 Å². The van der Waals surface area contributed by atoms with Crippen LogP contribution in [-0.2, 0) is 28.5 Å². The van der Waals surface area contributed by atoms with Gasteiger partial charge in [-0.15, -0.1) is 0 Å². The molecular weight excluding hydrogens is 928 g/mol. The zero-order valence-electron chi connectivity index (χ0n) is 36.5. The minimum absolute atomic E-state index is 0.0354. The second-order valence-electron chi connectivity index (χ2n) is 16.1. The van der Waals surface area contributed by atoms with E-state index in [1.54, 1.807) is 0 Å². The number of rotatable bonds is 14. The molecule has 0 aliphatic carbocycles. The van der Waals surface area contributed by atoms with E-state index in [4.69, 9.17) is 47.0 Å². The highest BCUT2D eigenvalue weighted by Gasteiger charge is 2.52. The molecule has 376 valence electrons. The molecule has 15 atom stereocenters. The number of carbonyl (C=O) groups excluding carboxylic acids is 1. The molecule has 0 amide bonds. The molecule has 0 saturated carbocycles. The third-order valence-electron chi connectivity index (χ3n) is 11.5. The van der Waals surface area contributed by atoms with E-state index >= 15 is 0 Å². The van der Waals surface area contributed by atoms with E-state index in [2.05, 4.69) is 0 Å². The average molecular weight is 979 g/mol. The first-order valence-electron chi connectivity index (χ1n) is 20.9. The van der Waals surface area contributed by atoms with Crippen molar-refractivity contribution in [3.63, 3.8) is 0 Å². The molecule has 3 aliphatic heterocycles. The van der Waals surface area contributed by atoms with Gasteiger partial charge in [0.2, 0.25) is 29.5 Å². The molecule has 3 aliphatic rings. The van der Waals surface area contributed by atoms with Gasteiger partial charge in [-0.25, -0.2) is 4.79 Å². The van der Waals surface area contributed by atoms with E-state index in [9.17, 15) is 76.0 Å². The summed E-state index contributed by atoms with van der Waals surface area (Å²) in [6.45, 7) is -0.337. The molecule has 4 aromatic rings. The van der Waals surface area contributed by atoms with E-state index in [1.165, 1.54) is 45.4 Å². The van der Waals surface area contributed by atoms with E-state index in [1.807, 2.05) is 0 Å². The molecule has 4 heterocycles. The van der Waals surface area contributed by atoms with Crippen LogP contribution in [0.2, 0.25) is 0 Å². The van der Waals surface area contributed by atoms with E-state index in [0.29, 0.717) is 5.56 Å². The summed E-state index contributed by atoms with van der Waals surface area (Å²) in [4.78, 5) is 27.2. The molecule has 0 unspecified atom stereocenters. The number of hydrogen-bond donors (Lipinski definition) is 13. The lowest BCUT2D eigenvalue weighted by atomic mass is 9.97. The van der Waals surface area contributed by atoms with Gasteiger partial charge in [0, 0.05) is 23.8 Å². The summed E-state index contributed by atoms with van der Waals surface area (Å²) in [5.41, 5.74) is -1.45. The van der Waals surface area contributed by atoms with Gasteiger partial charge in [-0.3, -0.25) is 4.79 Å². The van der Waals surface area contributed by atoms with Crippen molar-refractivity contribution in [1.82, 2.24) is 0 Å². The van der Waals surface area contributed by atoms with E-state index < -0.39 is 156 Å². The van der Waals surface area contributed by atoms with Crippen LogP contribution >= 0.6 is 0 Å². The van der Waals surface area contributed by atoms with Crippen LogP contribution in [0, 0.1) is 0 Å². The van der Waals surface area contributed by atoms with Gasteiger partial charge < -0.3 is 113 Å². The third kappa shape index (κ3) is 10.3. The Kier molecular flexibility index (Phi) is 15.4. The highest BCUT2D eigenvalue weighted by Crippen LogP contribution is 2.41. The van der Waals surface area contributed by atoms with Crippen molar-refractivity contribution in [3.8, 4) is 57.3 Å². The van der Waals surface area contributed by atoms with Crippen molar-refractivity contribution in [2.24, 2.45) is 0 Å². The second kappa shape index (κ2) is 20.9. The molecule has 25 heteroatoms. The molecular formula is C44H50O25. The fraction of sp³-hybridized carbons (Fsp3) is 0.455. The number of ether oxygens (including phenoxy) is 9. The predicted octanol–water partition coefficient (Wildman–Crippen LogP) is -2.23. The molecule has 13 N–H and O–H groups in total. The van der Waals surface area contributed by atoms with E-state index in [0.717, 1.165) is 30.3 Å². The van der Waals surface area contributed by atoms with Gasteiger partial charge in [0.05, 0.1) is 26.9 Å². The number of aliphatic hydroxyl groups is 9. The van der Waals surface area contributed by atoms with Crippen LogP contribution in [0.1, 0.15) is 12.5 Å². The van der Waals surface area contributed by atoms with Crippen LogP contribution in [-0.4, -0.2) is 192 Å². The maximum Gasteiger partial charge on any atom is 0.330 e. The van der Waals surface area contributed by atoms with Gasteiger partial charge in [0.1, 0.15) is 90.1 Å². The maximum atomic E-state index is 14.5. The Balaban J connectivity index is 1.18. The lowest BCUT2D eigenvalue weighted by Crippen LogP contribution is -2.65. The van der Waals surface area contributed by atoms with Crippen LogP contribution < -0.4 is 24.4 Å². The second-order valence-corrected chi connectivity index (χ2v) is 16.1. The summed E-state index contributed by atoms with van der Waals surface area (Å²) >= 11 is 0. The Bertz CT molecular complexity index is 2540. The number of fused-ring (bicyclic) bond motifs is 1. The molecule has 0 spiro atoms. The first-order chi connectivity index (χ1) is 32.8. The van der Waals surface area contributed by atoms with Crippen molar-refractivity contribution < 1.29 is 118 Å². The molecule has 0 radical (unpaired) electrons. The molecule has 3 fully saturated rings. The van der Waals surface area contributed by atoms with Crippen molar-refractivity contribution in [2.45, 2.75) is 99.0 Å². The first kappa shape index (κ1) is 50.8. The Morgan fingerprint density at radius 1 is 0.681 bits per heavy atom. The van der Waals surface area contributed by atoms with Crippen molar-refractivity contribution in [2.75, 3.05) is 27.4 Å². The highest BCUT2D eigenvalue weighted by atomic mass is 16.8. The Labute approximate surface area is 388 Å². The third-order valence-corrected chi connectivity index (χ3v) is 11.5. The smallest absolute Gasteiger partial charge is 0.330 e. The zero-order chi connectivity index (χ0) is 50.2. The van der Waals surface area contributed by atoms with Crippen LogP contribution in [0.4, 0.5) is 0 Å². The molecule has 3 aromatic carbocycles. The predicted molar refractivity (Wildman–Crippen MR) is 227 cm³/mol. The Hall–Kier alpha value is -6.04. The summed E-state index contributed by atoms with van der Waals surface area (Å²) in [6, 6.07) is 7.89. The van der Waals surface area contributed by atoms with Gasteiger partial charge in [0.25, 0.3) is 0 Å². The number of methoxy groups -OCH3 is 2. The molecule has 1 aromatic heterocycles. The monoisotopic (exact) mass is 978 g/mol. The lowest BCUT2D eigenvalue weighted by Gasteiger charge is -2.45. The molecule has 3 saturated heterocycles. The minimum atomic E-state index is -2.13. The average Bonchev–Trinajstić information content (AvgIpc) is 3.32. The van der Waals surface area contributed by atoms with Gasteiger partial charge in [-0.2, -0.15) is 0 Å². The van der Waals surface area contributed by atoms with Crippen molar-refractivity contribution >= 4 is 23.0 Å². The highest BCUT2D eigenvalue weighted by molar-refractivity contribution is 5.89. The number of carbonyl (C=O) groups is 1. The number of benzene rings is 3. The van der Waals surface area contributed by atoms with Crippen LogP contribution in [0.3, 0.4) is 0 Å². The van der Waals surface area contributed by atoms with Gasteiger partial charge in [0.15, 0.2) is 41.2 Å². The maximum absolute atomic E-state index is 14.5. The fourth-order valence-corrected chi connectivity index (χ4v) is 7.65. The quantitative estimate of drug-likeness (QED) is 0.0361. The van der Waals surface area contributed by atoms with Gasteiger partial charge >= 0.3 is 5.97 Å². The standard InChI is InChI=1S/C44H50O25/c1-15-29(50)34(55)37(58)42(63-15)64-18-11-21(48)28-22(12-18)65-39(17-5-6-19(46)20(47)10-17)40(33(28)54)68-44-41(36(57)31(52)25(13-45)66-44)69-43-38(59)35(56)32(53)26(67-43)14-62-27(49)7-4-16-8-23(60-2)30(51)24(9-16)61-3/h4-12,15,25-26,29,31-32,34-38,41-48,50-53,55-59H,13-14H2,1-3H3/b7-4+/t15-,25+,26-,29-,31+,32+,34+,35-,36-,37-,38-,41+,42-,43-,44-/m0/s1. The number of aromatic hydroxyl groups is 4. The van der Waals surface area contributed by atoms with Crippen LogP contribution in [0.5, 0.6) is 46.0 Å². The summed E-state index contributed by atoms with van der Waals surface area (Å²) in [6.07, 6.45) is -25.0. The number of phenols is 4.